The molecule has 1 aromatic carbocycles. The monoisotopic (exact) mass is 291 g/mol. The minimum absolute atomic E-state index is 0.159. The molecule has 0 atom stereocenters. The maximum absolute atomic E-state index is 12.0. The number of hydrogen-bond acceptors (Lipinski definition) is 3. The van der Waals surface area contributed by atoms with Crippen molar-refractivity contribution in [2.24, 2.45) is 0 Å². The predicted molar refractivity (Wildman–Crippen MR) is 72.7 cm³/mol. The van der Waals surface area contributed by atoms with Crippen LogP contribution in [0, 0.1) is 0 Å². The van der Waals surface area contributed by atoms with Crippen LogP contribution in [0.3, 0.4) is 0 Å². The van der Waals surface area contributed by atoms with Gasteiger partial charge in [-0.2, -0.15) is 0 Å². The van der Waals surface area contributed by atoms with Crippen molar-refractivity contribution in [2.45, 2.75) is 38.1 Å². The summed E-state index contributed by atoms with van der Waals surface area (Å²) in [5.74, 6) is 0.394. The summed E-state index contributed by atoms with van der Waals surface area (Å²) in [7, 11) is -3.51. The van der Waals surface area contributed by atoms with Crippen molar-refractivity contribution >= 4 is 21.6 Å². The molecule has 0 amide bonds. The van der Waals surface area contributed by atoms with E-state index in [1.807, 2.05) is 6.92 Å². The van der Waals surface area contributed by atoms with E-state index in [4.69, 9.17) is 16.3 Å². The van der Waals surface area contributed by atoms with Crippen LogP contribution in [-0.4, -0.2) is 21.1 Å². The molecule has 0 saturated carbocycles. The number of halogens is 1. The molecule has 1 aromatic rings. The molecule has 0 saturated heterocycles. The molecule has 0 aliphatic rings. The van der Waals surface area contributed by atoms with Crippen LogP contribution in [-0.2, 0) is 10.0 Å². The molecule has 1 N–H and O–H groups in total. The van der Waals surface area contributed by atoms with Crippen LogP contribution in [0.25, 0.3) is 0 Å². The highest BCUT2D eigenvalue weighted by atomic mass is 35.5. The molecule has 0 aliphatic heterocycles. The van der Waals surface area contributed by atoms with Crippen molar-refractivity contribution in [2.75, 3.05) is 6.61 Å². The van der Waals surface area contributed by atoms with Gasteiger partial charge < -0.3 is 4.74 Å². The first-order chi connectivity index (χ1) is 8.36. The van der Waals surface area contributed by atoms with Crippen LogP contribution < -0.4 is 9.46 Å². The normalized spacial score (nSPS) is 11.8. The topological polar surface area (TPSA) is 55.4 Å². The summed E-state index contributed by atoms with van der Waals surface area (Å²) in [6.45, 7) is 6.00. The van der Waals surface area contributed by atoms with E-state index >= 15 is 0 Å². The molecule has 0 spiro atoms. The zero-order valence-electron chi connectivity index (χ0n) is 10.7. The Bertz CT molecular complexity index is 500. The minimum atomic E-state index is -3.51. The van der Waals surface area contributed by atoms with Crippen LogP contribution in [0.4, 0.5) is 0 Å². The van der Waals surface area contributed by atoms with Gasteiger partial charge in [0.1, 0.15) is 5.75 Å². The van der Waals surface area contributed by atoms with Gasteiger partial charge in [0, 0.05) is 12.1 Å². The fourth-order valence-corrected chi connectivity index (χ4v) is 2.79. The molecule has 0 radical (unpaired) electrons. The molecule has 1 rings (SSSR count). The molecule has 6 heteroatoms. The second kappa shape index (κ2) is 6.41. The van der Waals surface area contributed by atoms with Gasteiger partial charge >= 0.3 is 0 Å². The summed E-state index contributed by atoms with van der Waals surface area (Å²) in [6, 6.07) is 4.28. The van der Waals surface area contributed by atoms with Gasteiger partial charge in [-0.15, -0.1) is 0 Å². The molecular formula is C12H18ClNO3S. The number of rotatable bonds is 6. The first-order valence-electron chi connectivity index (χ1n) is 5.81. The molecule has 18 heavy (non-hydrogen) atoms. The van der Waals surface area contributed by atoms with E-state index in [-0.39, 0.29) is 10.9 Å². The highest BCUT2D eigenvalue weighted by molar-refractivity contribution is 7.89. The lowest BCUT2D eigenvalue weighted by atomic mass is 10.3. The van der Waals surface area contributed by atoms with Gasteiger partial charge in [0.25, 0.3) is 0 Å². The lowest BCUT2D eigenvalue weighted by Gasteiger charge is -2.12. The third-order valence-electron chi connectivity index (χ3n) is 2.07. The third kappa shape index (κ3) is 4.15. The largest absolute Gasteiger partial charge is 0.492 e. The Morgan fingerprint density at radius 2 is 2.06 bits per heavy atom. The van der Waals surface area contributed by atoms with E-state index in [1.165, 1.54) is 18.2 Å². The molecule has 0 heterocycles. The van der Waals surface area contributed by atoms with Crippen LogP contribution in [0.1, 0.15) is 27.2 Å². The van der Waals surface area contributed by atoms with E-state index in [0.717, 1.165) is 6.42 Å². The quantitative estimate of drug-likeness (QED) is 0.877. The number of benzene rings is 1. The molecule has 0 aromatic heterocycles. The van der Waals surface area contributed by atoms with E-state index in [9.17, 15) is 8.42 Å². The van der Waals surface area contributed by atoms with Gasteiger partial charge in [0.05, 0.1) is 16.5 Å². The van der Waals surface area contributed by atoms with Crippen molar-refractivity contribution in [1.82, 2.24) is 4.72 Å². The Kier molecular flexibility index (Phi) is 5.44. The Morgan fingerprint density at radius 1 is 1.39 bits per heavy atom. The summed E-state index contributed by atoms with van der Waals surface area (Å²) in [6.07, 6.45) is 0.831. The van der Waals surface area contributed by atoms with Crippen molar-refractivity contribution in [3.8, 4) is 5.75 Å². The predicted octanol–water partition coefficient (Wildman–Crippen LogP) is 2.82. The molecular weight excluding hydrogens is 274 g/mol. The van der Waals surface area contributed by atoms with Crippen molar-refractivity contribution in [3.63, 3.8) is 0 Å². The molecule has 4 nitrogen and oxygen atoms in total. The Labute approximate surface area is 113 Å². The van der Waals surface area contributed by atoms with Gasteiger partial charge in [-0.25, -0.2) is 13.1 Å². The highest BCUT2D eigenvalue weighted by Crippen LogP contribution is 2.27. The second-order valence-electron chi connectivity index (χ2n) is 4.22. The molecule has 0 bridgehead atoms. The average molecular weight is 292 g/mol. The Hall–Kier alpha value is -0.780. The molecule has 0 aliphatic carbocycles. The van der Waals surface area contributed by atoms with Crippen molar-refractivity contribution in [3.05, 3.63) is 23.2 Å². The average Bonchev–Trinajstić information content (AvgIpc) is 2.26. The van der Waals surface area contributed by atoms with Crippen LogP contribution in [0.2, 0.25) is 5.02 Å². The first kappa shape index (κ1) is 15.3. The molecule has 102 valence electrons. The zero-order valence-corrected chi connectivity index (χ0v) is 12.3. The van der Waals surface area contributed by atoms with E-state index in [1.54, 1.807) is 13.8 Å². The summed E-state index contributed by atoms with van der Waals surface area (Å²) < 4.78 is 31.9. The molecule has 0 unspecified atom stereocenters. The second-order valence-corrected chi connectivity index (χ2v) is 6.34. The lowest BCUT2D eigenvalue weighted by molar-refractivity contribution is 0.317. The fraction of sp³-hybridized carbons (Fsp3) is 0.500. The molecule has 0 fully saturated rings. The smallest absolute Gasteiger partial charge is 0.240 e. The fourth-order valence-electron chi connectivity index (χ4n) is 1.35. The number of nitrogens with one attached hydrogen (secondary N) is 1. The highest BCUT2D eigenvalue weighted by Gasteiger charge is 2.17. The van der Waals surface area contributed by atoms with Gasteiger partial charge in [0.15, 0.2) is 0 Å². The number of ether oxygens (including phenoxy) is 1. The van der Waals surface area contributed by atoms with Gasteiger partial charge in [-0.05, 0) is 32.4 Å². The summed E-state index contributed by atoms with van der Waals surface area (Å²) in [4.78, 5) is 0.159. The van der Waals surface area contributed by atoms with Gasteiger partial charge in [0.2, 0.25) is 10.0 Å². The Balaban J connectivity index is 3.04. The van der Waals surface area contributed by atoms with E-state index in [0.29, 0.717) is 17.4 Å². The van der Waals surface area contributed by atoms with Gasteiger partial charge in [-0.1, -0.05) is 18.5 Å². The van der Waals surface area contributed by atoms with Gasteiger partial charge in [-0.3, -0.25) is 0 Å². The lowest BCUT2D eigenvalue weighted by Crippen LogP contribution is -2.30. The SMILES string of the molecule is CCCOc1cc(S(=O)(=O)NC(C)C)ccc1Cl. The van der Waals surface area contributed by atoms with Crippen molar-refractivity contribution in [1.29, 1.82) is 0 Å². The Morgan fingerprint density at radius 3 is 2.61 bits per heavy atom. The summed E-state index contributed by atoms with van der Waals surface area (Å²) >= 11 is 5.95. The summed E-state index contributed by atoms with van der Waals surface area (Å²) in [5, 5.41) is 0.409. The standard InChI is InChI=1S/C12H18ClNO3S/c1-4-7-17-12-8-10(5-6-11(12)13)18(15,16)14-9(2)3/h5-6,8-9,14H,4,7H2,1-3H3. The number of hydrogen-bond donors (Lipinski definition) is 1. The minimum Gasteiger partial charge on any atom is -0.492 e. The van der Waals surface area contributed by atoms with E-state index < -0.39 is 10.0 Å². The van der Waals surface area contributed by atoms with Crippen LogP contribution >= 0.6 is 11.6 Å². The van der Waals surface area contributed by atoms with E-state index in [2.05, 4.69) is 4.72 Å². The number of sulfonamides is 1. The maximum atomic E-state index is 12.0. The van der Waals surface area contributed by atoms with Crippen LogP contribution in [0.5, 0.6) is 5.75 Å². The summed E-state index contributed by atoms with van der Waals surface area (Å²) in [5.41, 5.74) is 0. The van der Waals surface area contributed by atoms with Crippen LogP contribution in [0.15, 0.2) is 23.1 Å². The first-order valence-corrected chi connectivity index (χ1v) is 7.67. The zero-order chi connectivity index (χ0) is 13.8. The third-order valence-corrected chi connectivity index (χ3v) is 4.03. The van der Waals surface area contributed by atoms with Crippen molar-refractivity contribution < 1.29 is 13.2 Å². The maximum Gasteiger partial charge on any atom is 0.240 e.